The molecule has 0 bridgehead atoms. The molecule has 2 aromatic heterocycles. The summed E-state index contributed by atoms with van der Waals surface area (Å²) in [6.07, 6.45) is 1.75. The van der Waals surface area contributed by atoms with Crippen LogP contribution in [0.4, 0.5) is 5.82 Å². The van der Waals surface area contributed by atoms with E-state index in [0.29, 0.717) is 66.0 Å². The highest BCUT2D eigenvalue weighted by Crippen LogP contribution is 2.27. The topological polar surface area (TPSA) is 112 Å². The molecule has 11 heteroatoms. The van der Waals surface area contributed by atoms with Crippen molar-refractivity contribution in [2.45, 2.75) is 37.7 Å². The number of hydrogen-bond donors (Lipinski definition) is 2. The summed E-state index contributed by atoms with van der Waals surface area (Å²) in [4.78, 5) is 22.1. The van der Waals surface area contributed by atoms with Gasteiger partial charge in [0.1, 0.15) is 17.3 Å². The van der Waals surface area contributed by atoms with Crippen LogP contribution in [0, 0.1) is 0 Å². The van der Waals surface area contributed by atoms with Crippen LogP contribution in [0.2, 0.25) is 0 Å². The van der Waals surface area contributed by atoms with Crippen molar-refractivity contribution in [3.63, 3.8) is 0 Å². The zero-order valence-electron chi connectivity index (χ0n) is 20.3. The Morgan fingerprint density at radius 3 is 2.71 bits per heavy atom. The Morgan fingerprint density at radius 1 is 1.18 bits per heavy atom. The van der Waals surface area contributed by atoms with E-state index in [1.165, 1.54) is 7.11 Å². The molecule has 2 N–H and O–H groups in total. The van der Waals surface area contributed by atoms with Gasteiger partial charge in [0.2, 0.25) is 0 Å². The molecule has 3 aromatic rings. The first-order valence-electron chi connectivity index (χ1n) is 11.2. The van der Waals surface area contributed by atoms with Crippen molar-refractivity contribution in [3.8, 4) is 11.5 Å². The fourth-order valence-corrected chi connectivity index (χ4v) is 3.94. The molecule has 0 saturated heterocycles. The fraction of sp³-hybridized carbons (Fsp3) is 0.478. The van der Waals surface area contributed by atoms with Crippen LogP contribution in [0.5, 0.6) is 11.5 Å². The number of amides is 1. The highest BCUT2D eigenvalue weighted by atomic mass is 32.2. The average Bonchev–Trinajstić information content (AvgIpc) is 3.23. The largest absolute Gasteiger partial charge is 0.497 e. The lowest BCUT2D eigenvalue weighted by atomic mass is 10.1. The molecule has 3 rings (SSSR count). The van der Waals surface area contributed by atoms with Crippen molar-refractivity contribution < 1.29 is 19.0 Å². The molecule has 0 fully saturated rings. The second-order valence-corrected chi connectivity index (χ2v) is 9.12. The number of ether oxygens (including phenoxy) is 3. The predicted molar refractivity (Wildman–Crippen MR) is 133 cm³/mol. The van der Waals surface area contributed by atoms with E-state index in [4.69, 9.17) is 19.2 Å². The minimum absolute atomic E-state index is 0.236. The first-order valence-corrected chi connectivity index (χ1v) is 12.1. The van der Waals surface area contributed by atoms with E-state index in [-0.39, 0.29) is 5.91 Å². The lowest BCUT2D eigenvalue weighted by Gasteiger charge is -2.12. The predicted octanol–water partition coefficient (Wildman–Crippen LogP) is 3.22. The van der Waals surface area contributed by atoms with Gasteiger partial charge in [0.05, 0.1) is 44.5 Å². The number of benzene rings is 1. The lowest BCUT2D eigenvalue weighted by molar-refractivity contribution is 0.0949. The second-order valence-electron chi connectivity index (χ2n) is 7.57. The van der Waals surface area contributed by atoms with E-state index >= 15 is 0 Å². The van der Waals surface area contributed by atoms with Crippen LogP contribution >= 0.6 is 11.8 Å². The van der Waals surface area contributed by atoms with Gasteiger partial charge in [-0.05, 0) is 19.1 Å². The van der Waals surface area contributed by atoms with E-state index < -0.39 is 0 Å². The first-order chi connectivity index (χ1) is 16.5. The van der Waals surface area contributed by atoms with Crippen molar-refractivity contribution in [2.75, 3.05) is 45.8 Å². The molecule has 0 aliphatic carbocycles. The van der Waals surface area contributed by atoms with Crippen LogP contribution in [0.25, 0.3) is 11.0 Å². The molecule has 0 unspecified atom stereocenters. The van der Waals surface area contributed by atoms with Crippen LogP contribution in [-0.4, -0.2) is 71.4 Å². The highest BCUT2D eigenvalue weighted by molar-refractivity contribution is 7.99. The molecular formula is C23H32N6O4S. The minimum atomic E-state index is -0.236. The third kappa shape index (κ3) is 6.51. The number of thioether (sulfide) groups is 1. The van der Waals surface area contributed by atoms with E-state index in [0.717, 1.165) is 11.2 Å². The minimum Gasteiger partial charge on any atom is -0.497 e. The zero-order chi connectivity index (χ0) is 24.5. The van der Waals surface area contributed by atoms with Crippen LogP contribution in [0.1, 0.15) is 31.1 Å². The number of carbonyl (C=O) groups is 1. The molecule has 0 spiro atoms. The summed E-state index contributed by atoms with van der Waals surface area (Å²) in [6, 6.07) is 5.09. The first kappa shape index (κ1) is 25.6. The quantitative estimate of drug-likeness (QED) is 0.213. The summed E-state index contributed by atoms with van der Waals surface area (Å²) in [5, 5.41) is 12.6. The number of nitrogens with zero attached hydrogens (tertiary/aromatic N) is 4. The van der Waals surface area contributed by atoms with Crippen molar-refractivity contribution in [3.05, 3.63) is 30.0 Å². The second kappa shape index (κ2) is 12.4. The van der Waals surface area contributed by atoms with Gasteiger partial charge in [-0.1, -0.05) is 25.6 Å². The van der Waals surface area contributed by atoms with Gasteiger partial charge in [-0.25, -0.2) is 14.6 Å². The maximum absolute atomic E-state index is 12.7. The van der Waals surface area contributed by atoms with E-state index in [2.05, 4.69) is 34.6 Å². The van der Waals surface area contributed by atoms with E-state index in [1.807, 2.05) is 6.92 Å². The monoisotopic (exact) mass is 488 g/mol. The summed E-state index contributed by atoms with van der Waals surface area (Å²) in [6.45, 7) is 8.88. The van der Waals surface area contributed by atoms with Gasteiger partial charge < -0.3 is 24.8 Å². The number of rotatable bonds is 13. The van der Waals surface area contributed by atoms with Gasteiger partial charge in [0.25, 0.3) is 5.91 Å². The normalized spacial score (nSPS) is 11.1. The number of nitrogens with one attached hydrogen (secondary N) is 2. The summed E-state index contributed by atoms with van der Waals surface area (Å²) < 4.78 is 17.7. The SMILES string of the molecule is CCOCCNc1nc(SC(C)C)nc2c1cnn2CCNC(=O)c1ccc(OC)cc1OC. The molecular weight excluding hydrogens is 456 g/mol. The van der Waals surface area contributed by atoms with Crippen molar-refractivity contribution in [1.82, 2.24) is 25.1 Å². The van der Waals surface area contributed by atoms with Crippen LogP contribution in [0.15, 0.2) is 29.6 Å². The molecule has 0 saturated carbocycles. The standard InChI is InChI=1S/C23H32N6O4S/c1-6-33-12-10-24-20-18-14-26-29(21(18)28-23(27-20)34-15(2)3)11-9-25-22(30)17-8-7-16(31-4)13-19(17)32-5/h7-8,13-15H,6,9-12H2,1-5H3,(H,25,30)(H,24,27,28). The molecule has 2 heterocycles. The number of hydrogen-bond acceptors (Lipinski definition) is 9. The van der Waals surface area contributed by atoms with Crippen LogP contribution < -0.4 is 20.1 Å². The highest BCUT2D eigenvalue weighted by Gasteiger charge is 2.16. The van der Waals surface area contributed by atoms with Crippen LogP contribution in [0.3, 0.4) is 0 Å². The molecule has 0 aliphatic heterocycles. The smallest absolute Gasteiger partial charge is 0.255 e. The molecule has 1 amide bonds. The molecule has 0 atom stereocenters. The Kier molecular flexibility index (Phi) is 9.34. The Balaban J connectivity index is 1.73. The summed E-state index contributed by atoms with van der Waals surface area (Å²) >= 11 is 1.59. The summed E-state index contributed by atoms with van der Waals surface area (Å²) in [5.74, 6) is 1.56. The molecule has 1 aromatic carbocycles. The van der Waals surface area contributed by atoms with Gasteiger partial charge in [0, 0.05) is 31.0 Å². The van der Waals surface area contributed by atoms with Gasteiger partial charge in [-0.3, -0.25) is 4.79 Å². The fourth-order valence-electron chi connectivity index (χ4n) is 3.24. The number of carbonyl (C=O) groups excluding carboxylic acids is 1. The molecule has 34 heavy (non-hydrogen) atoms. The third-order valence-corrected chi connectivity index (χ3v) is 5.69. The lowest BCUT2D eigenvalue weighted by Crippen LogP contribution is -2.28. The van der Waals surface area contributed by atoms with Gasteiger partial charge >= 0.3 is 0 Å². The molecule has 0 radical (unpaired) electrons. The van der Waals surface area contributed by atoms with Gasteiger partial charge in [-0.2, -0.15) is 5.10 Å². The Bertz CT molecular complexity index is 1100. The van der Waals surface area contributed by atoms with Crippen LogP contribution in [-0.2, 0) is 11.3 Å². The Morgan fingerprint density at radius 2 is 2.00 bits per heavy atom. The van der Waals surface area contributed by atoms with E-state index in [9.17, 15) is 4.79 Å². The summed E-state index contributed by atoms with van der Waals surface area (Å²) in [5.41, 5.74) is 1.15. The molecule has 0 aliphatic rings. The molecule has 184 valence electrons. The number of aromatic nitrogens is 4. The summed E-state index contributed by atoms with van der Waals surface area (Å²) in [7, 11) is 3.09. The van der Waals surface area contributed by atoms with Crippen molar-refractivity contribution in [2.24, 2.45) is 0 Å². The Hall–Kier alpha value is -3.05. The van der Waals surface area contributed by atoms with Crippen molar-refractivity contribution >= 4 is 34.5 Å². The average molecular weight is 489 g/mol. The zero-order valence-corrected chi connectivity index (χ0v) is 21.1. The van der Waals surface area contributed by atoms with Gasteiger partial charge in [0.15, 0.2) is 10.8 Å². The maximum Gasteiger partial charge on any atom is 0.255 e. The van der Waals surface area contributed by atoms with Gasteiger partial charge in [-0.15, -0.1) is 0 Å². The van der Waals surface area contributed by atoms with Crippen molar-refractivity contribution in [1.29, 1.82) is 0 Å². The Labute approximate surface area is 203 Å². The van der Waals surface area contributed by atoms with E-state index in [1.54, 1.807) is 47.9 Å². The number of fused-ring (bicyclic) bond motifs is 1. The number of anilines is 1. The molecule has 10 nitrogen and oxygen atoms in total. The number of methoxy groups -OCH3 is 2. The third-order valence-electron chi connectivity index (χ3n) is 4.82. The maximum atomic E-state index is 12.7.